The Hall–Kier alpha value is -0.980. The first-order chi connectivity index (χ1) is 8.27. The molecule has 0 amide bonds. The van der Waals surface area contributed by atoms with Crippen molar-refractivity contribution in [1.82, 2.24) is 0 Å². The van der Waals surface area contributed by atoms with Crippen molar-refractivity contribution in [2.24, 2.45) is 0 Å². The van der Waals surface area contributed by atoms with E-state index < -0.39 is 0 Å². The Morgan fingerprint density at radius 2 is 2.24 bits per heavy atom. The molecule has 3 heteroatoms. The Bertz CT molecular complexity index is 406. The highest BCUT2D eigenvalue weighted by Gasteiger charge is 2.02. The smallest absolute Gasteiger partial charge is 0.128 e. The number of benzene rings is 1. The van der Waals surface area contributed by atoms with Crippen LogP contribution in [0.2, 0.25) is 0 Å². The summed E-state index contributed by atoms with van der Waals surface area (Å²) in [6.07, 6.45) is 1.53. The molecule has 0 fully saturated rings. The monoisotopic (exact) mass is 252 g/mol. The molecule has 0 aliphatic heterocycles. The van der Waals surface area contributed by atoms with Crippen molar-refractivity contribution in [3.63, 3.8) is 0 Å². The highest BCUT2D eigenvalue weighted by Crippen LogP contribution is 2.17. The Morgan fingerprint density at radius 3 is 2.88 bits per heavy atom. The van der Waals surface area contributed by atoms with E-state index >= 15 is 0 Å². The number of thioether (sulfide) groups is 1. The Balaban J connectivity index is 2.63. The van der Waals surface area contributed by atoms with E-state index in [0.717, 1.165) is 17.7 Å². The number of halogens is 1. The zero-order valence-corrected chi connectivity index (χ0v) is 10.8. The second kappa shape index (κ2) is 8.16. The van der Waals surface area contributed by atoms with E-state index in [4.69, 9.17) is 5.11 Å². The lowest BCUT2D eigenvalue weighted by molar-refractivity contribution is 0.305. The lowest BCUT2D eigenvalue weighted by Crippen LogP contribution is -1.90. The number of aliphatic hydroxyl groups is 1. The molecule has 1 rings (SSSR count). The van der Waals surface area contributed by atoms with Gasteiger partial charge in [0.15, 0.2) is 0 Å². The van der Waals surface area contributed by atoms with Crippen molar-refractivity contribution in [1.29, 1.82) is 0 Å². The van der Waals surface area contributed by atoms with Crippen molar-refractivity contribution in [3.05, 3.63) is 35.1 Å². The van der Waals surface area contributed by atoms with Crippen LogP contribution in [0.3, 0.4) is 0 Å². The van der Waals surface area contributed by atoms with Gasteiger partial charge in [0, 0.05) is 17.7 Å². The van der Waals surface area contributed by atoms with Gasteiger partial charge in [0.1, 0.15) is 5.82 Å². The minimum Gasteiger partial charge on any atom is -0.395 e. The molecule has 0 heterocycles. The summed E-state index contributed by atoms with van der Waals surface area (Å²) in [6.45, 7) is 2.16. The van der Waals surface area contributed by atoms with Gasteiger partial charge in [-0.25, -0.2) is 4.39 Å². The molecule has 0 radical (unpaired) electrons. The molecular weight excluding hydrogens is 235 g/mol. The molecule has 1 nitrogen and oxygen atoms in total. The largest absolute Gasteiger partial charge is 0.395 e. The highest BCUT2D eigenvalue weighted by molar-refractivity contribution is 7.98. The third-order valence-electron chi connectivity index (χ3n) is 2.13. The molecule has 17 heavy (non-hydrogen) atoms. The third-order valence-corrected chi connectivity index (χ3v) is 3.34. The van der Waals surface area contributed by atoms with Gasteiger partial charge in [0.05, 0.1) is 6.61 Å². The van der Waals surface area contributed by atoms with Crippen LogP contribution in [-0.2, 0) is 5.75 Å². The van der Waals surface area contributed by atoms with Crippen LogP contribution in [0.15, 0.2) is 18.2 Å². The third kappa shape index (κ3) is 5.25. The zero-order valence-electron chi connectivity index (χ0n) is 10.0. The van der Waals surface area contributed by atoms with E-state index in [1.807, 2.05) is 6.07 Å². The maximum Gasteiger partial charge on any atom is 0.128 e. The first kappa shape index (κ1) is 14.1. The molecule has 1 aromatic carbocycles. The molecule has 92 valence electrons. The average Bonchev–Trinajstić information content (AvgIpc) is 2.32. The van der Waals surface area contributed by atoms with Crippen LogP contribution in [-0.4, -0.2) is 17.5 Å². The fourth-order valence-corrected chi connectivity index (χ4v) is 2.18. The predicted octanol–water partition coefficient (Wildman–Crippen LogP) is 3.20. The first-order valence-corrected chi connectivity index (χ1v) is 6.89. The van der Waals surface area contributed by atoms with Gasteiger partial charge in [-0.1, -0.05) is 24.8 Å². The number of hydrogen-bond donors (Lipinski definition) is 1. The summed E-state index contributed by atoms with van der Waals surface area (Å²) in [7, 11) is 0. The molecule has 0 spiro atoms. The molecule has 0 atom stereocenters. The van der Waals surface area contributed by atoms with Crippen LogP contribution in [0.4, 0.5) is 4.39 Å². The van der Waals surface area contributed by atoms with Crippen molar-refractivity contribution in [3.8, 4) is 11.8 Å². The summed E-state index contributed by atoms with van der Waals surface area (Å²) in [5.41, 5.74) is 1.40. The molecule has 1 aromatic rings. The van der Waals surface area contributed by atoms with E-state index in [2.05, 4.69) is 18.8 Å². The van der Waals surface area contributed by atoms with E-state index in [-0.39, 0.29) is 12.4 Å². The average molecular weight is 252 g/mol. The van der Waals surface area contributed by atoms with Gasteiger partial charge < -0.3 is 5.11 Å². The molecule has 0 unspecified atom stereocenters. The Morgan fingerprint density at radius 1 is 1.41 bits per heavy atom. The Kier molecular flexibility index (Phi) is 6.76. The van der Waals surface area contributed by atoms with Crippen molar-refractivity contribution < 1.29 is 9.50 Å². The molecule has 0 aromatic heterocycles. The second-order valence-corrected chi connectivity index (χ2v) is 4.74. The van der Waals surface area contributed by atoms with Crippen molar-refractivity contribution >= 4 is 11.8 Å². The number of aliphatic hydroxyl groups excluding tert-OH is 1. The standard InChI is InChI=1S/C14H17FOS/c1-2-9-17-11-13-7-6-12(10-14(13)15)5-3-4-8-16/h6-7,10,16H,2,4,8-9,11H2,1H3. The molecule has 1 N–H and O–H groups in total. The topological polar surface area (TPSA) is 20.2 Å². The van der Waals surface area contributed by atoms with Crippen molar-refractivity contribution in [2.75, 3.05) is 12.4 Å². The summed E-state index contributed by atoms with van der Waals surface area (Å²) >= 11 is 1.74. The van der Waals surface area contributed by atoms with Gasteiger partial charge in [-0.05, 0) is 29.9 Å². The number of rotatable bonds is 5. The zero-order chi connectivity index (χ0) is 12.5. The lowest BCUT2D eigenvalue weighted by atomic mass is 10.1. The summed E-state index contributed by atoms with van der Waals surface area (Å²) in [4.78, 5) is 0. The second-order valence-electron chi connectivity index (χ2n) is 3.63. The molecule has 0 aliphatic rings. The van der Waals surface area contributed by atoms with E-state index in [9.17, 15) is 4.39 Å². The van der Waals surface area contributed by atoms with Crippen LogP contribution < -0.4 is 0 Å². The van der Waals surface area contributed by atoms with E-state index in [1.54, 1.807) is 17.8 Å². The van der Waals surface area contributed by atoms with Gasteiger partial charge in [-0.3, -0.25) is 0 Å². The van der Waals surface area contributed by atoms with Gasteiger partial charge in [0.25, 0.3) is 0 Å². The van der Waals surface area contributed by atoms with Crippen LogP contribution in [0.25, 0.3) is 0 Å². The van der Waals surface area contributed by atoms with Gasteiger partial charge >= 0.3 is 0 Å². The summed E-state index contributed by atoms with van der Waals surface area (Å²) < 4.78 is 13.7. The maximum atomic E-state index is 13.7. The fourth-order valence-electron chi connectivity index (χ4n) is 1.29. The van der Waals surface area contributed by atoms with Crippen LogP contribution in [0.5, 0.6) is 0 Å². The van der Waals surface area contributed by atoms with Crippen LogP contribution in [0.1, 0.15) is 30.9 Å². The minimum atomic E-state index is -0.190. The van der Waals surface area contributed by atoms with Gasteiger partial charge in [-0.2, -0.15) is 11.8 Å². The van der Waals surface area contributed by atoms with Gasteiger partial charge in [-0.15, -0.1) is 0 Å². The van der Waals surface area contributed by atoms with Crippen molar-refractivity contribution in [2.45, 2.75) is 25.5 Å². The fraction of sp³-hybridized carbons (Fsp3) is 0.429. The Labute approximate surface area is 106 Å². The molecule has 0 aliphatic carbocycles. The summed E-state index contributed by atoms with van der Waals surface area (Å²) in [5, 5.41) is 8.58. The highest BCUT2D eigenvalue weighted by atomic mass is 32.2. The normalized spacial score (nSPS) is 9.82. The summed E-state index contributed by atoms with van der Waals surface area (Å²) in [6, 6.07) is 5.09. The SMILES string of the molecule is CCCSCc1ccc(C#CCCO)cc1F. The molecule has 0 saturated heterocycles. The van der Waals surface area contributed by atoms with Crippen LogP contribution in [0, 0.1) is 17.7 Å². The molecular formula is C14H17FOS. The molecule has 0 saturated carbocycles. The summed E-state index contributed by atoms with van der Waals surface area (Å²) in [5.74, 6) is 7.18. The van der Waals surface area contributed by atoms with E-state index in [0.29, 0.717) is 17.7 Å². The number of hydrogen-bond acceptors (Lipinski definition) is 2. The quantitative estimate of drug-likeness (QED) is 0.641. The minimum absolute atomic E-state index is 0.0429. The predicted molar refractivity (Wildman–Crippen MR) is 71.4 cm³/mol. The molecule has 0 bridgehead atoms. The first-order valence-electron chi connectivity index (χ1n) is 5.73. The van der Waals surface area contributed by atoms with E-state index in [1.165, 1.54) is 6.07 Å². The van der Waals surface area contributed by atoms with Gasteiger partial charge in [0.2, 0.25) is 0 Å². The lowest BCUT2D eigenvalue weighted by Gasteiger charge is -2.02. The van der Waals surface area contributed by atoms with Crippen LogP contribution >= 0.6 is 11.8 Å². The maximum absolute atomic E-state index is 13.7.